The Labute approximate surface area is 140 Å². The molecule has 0 saturated heterocycles. The van der Waals surface area contributed by atoms with Crippen molar-refractivity contribution in [2.75, 3.05) is 0 Å². The number of carbonyl (C=O) groups is 1. The first-order chi connectivity index (χ1) is 11.3. The van der Waals surface area contributed by atoms with E-state index in [2.05, 4.69) is 35.0 Å². The number of benzene rings is 2. The van der Waals surface area contributed by atoms with Crippen molar-refractivity contribution in [2.24, 2.45) is 0 Å². The Morgan fingerprint density at radius 1 is 1.09 bits per heavy atom. The summed E-state index contributed by atoms with van der Waals surface area (Å²) in [4.78, 5) is 16.1. The molecule has 3 nitrogen and oxygen atoms in total. The van der Waals surface area contributed by atoms with Gasteiger partial charge in [0.1, 0.15) is 5.01 Å². The van der Waals surface area contributed by atoms with Crippen molar-refractivity contribution in [1.82, 2.24) is 10.3 Å². The molecule has 2 aromatic carbocycles. The van der Waals surface area contributed by atoms with Crippen LogP contribution in [-0.4, -0.2) is 10.9 Å². The predicted octanol–water partition coefficient (Wildman–Crippen LogP) is 4.50. The average molecular weight is 322 g/mol. The molecule has 1 heterocycles. The molecule has 1 aromatic heterocycles. The summed E-state index contributed by atoms with van der Waals surface area (Å²) in [6.45, 7) is 2.41. The lowest BCUT2D eigenvalue weighted by Gasteiger charge is -2.05. The van der Waals surface area contributed by atoms with E-state index in [1.165, 1.54) is 0 Å². The van der Waals surface area contributed by atoms with Crippen LogP contribution in [0.15, 0.2) is 60.0 Å². The van der Waals surface area contributed by atoms with Crippen LogP contribution in [0.5, 0.6) is 0 Å². The molecule has 3 rings (SSSR count). The standard InChI is InChI=1S/C19H18N2OS/c1-2-18(22)20-12-14-7-6-10-16(11-14)19-21-17(13-23-19)15-8-4-3-5-9-15/h3-11,13H,2,12H2,1H3,(H,20,22). The molecule has 0 atom stereocenters. The van der Waals surface area contributed by atoms with Gasteiger partial charge in [0.05, 0.1) is 5.69 Å². The predicted molar refractivity (Wildman–Crippen MR) is 95.1 cm³/mol. The Balaban J connectivity index is 1.80. The lowest BCUT2D eigenvalue weighted by molar-refractivity contribution is -0.120. The fourth-order valence-corrected chi connectivity index (χ4v) is 3.11. The maximum Gasteiger partial charge on any atom is 0.219 e. The normalized spacial score (nSPS) is 10.5. The van der Waals surface area contributed by atoms with Crippen molar-refractivity contribution in [3.8, 4) is 21.8 Å². The second kappa shape index (κ2) is 7.20. The molecule has 116 valence electrons. The third-order valence-electron chi connectivity index (χ3n) is 3.56. The van der Waals surface area contributed by atoms with Crippen molar-refractivity contribution in [3.05, 3.63) is 65.5 Å². The number of nitrogens with zero attached hydrogens (tertiary/aromatic N) is 1. The van der Waals surface area contributed by atoms with Crippen molar-refractivity contribution in [2.45, 2.75) is 19.9 Å². The lowest BCUT2D eigenvalue weighted by Crippen LogP contribution is -2.21. The van der Waals surface area contributed by atoms with Gasteiger partial charge < -0.3 is 5.32 Å². The van der Waals surface area contributed by atoms with E-state index in [-0.39, 0.29) is 5.91 Å². The summed E-state index contributed by atoms with van der Waals surface area (Å²) in [6, 6.07) is 18.3. The largest absolute Gasteiger partial charge is 0.352 e. The molecule has 3 aromatic rings. The second-order valence-corrected chi connectivity index (χ2v) is 6.09. The van der Waals surface area contributed by atoms with E-state index in [9.17, 15) is 4.79 Å². The van der Waals surface area contributed by atoms with E-state index in [0.717, 1.165) is 27.4 Å². The molecule has 0 spiro atoms. The highest BCUT2D eigenvalue weighted by atomic mass is 32.1. The first-order valence-corrected chi connectivity index (χ1v) is 8.51. The minimum atomic E-state index is 0.0658. The van der Waals surface area contributed by atoms with Crippen LogP contribution < -0.4 is 5.32 Å². The summed E-state index contributed by atoms with van der Waals surface area (Å²) in [5, 5.41) is 5.98. The molecule has 0 aliphatic heterocycles. The first-order valence-electron chi connectivity index (χ1n) is 7.63. The van der Waals surface area contributed by atoms with E-state index in [4.69, 9.17) is 4.98 Å². The summed E-state index contributed by atoms with van der Waals surface area (Å²) < 4.78 is 0. The van der Waals surface area contributed by atoms with Crippen LogP contribution in [0.3, 0.4) is 0 Å². The van der Waals surface area contributed by atoms with Gasteiger partial charge in [0, 0.05) is 29.5 Å². The van der Waals surface area contributed by atoms with Gasteiger partial charge in [0.2, 0.25) is 5.91 Å². The fourth-order valence-electron chi connectivity index (χ4n) is 2.29. The Bertz CT molecular complexity index is 796. The van der Waals surface area contributed by atoms with Crippen molar-refractivity contribution in [1.29, 1.82) is 0 Å². The van der Waals surface area contributed by atoms with Crippen molar-refractivity contribution < 1.29 is 4.79 Å². The number of carbonyl (C=O) groups excluding carboxylic acids is 1. The Kier molecular flexibility index (Phi) is 4.83. The van der Waals surface area contributed by atoms with Gasteiger partial charge in [-0.25, -0.2) is 4.98 Å². The smallest absolute Gasteiger partial charge is 0.219 e. The summed E-state index contributed by atoms with van der Waals surface area (Å²) in [5.74, 6) is 0.0658. The zero-order valence-electron chi connectivity index (χ0n) is 13.0. The zero-order chi connectivity index (χ0) is 16.1. The number of amides is 1. The van der Waals surface area contributed by atoms with Crippen LogP contribution in [0.4, 0.5) is 0 Å². The quantitative estimate of drug-likeness (QED) is 0.751. The highest BCUT2D eigenvalue weighted by Gasteiger charge is 2.07. The summed E-state index contributed by atoms with van der Waals surface area (Å²) in [6.07, 6.45) is 0.507. The van der Waals surface area contributed by atoms with Gasteiger partial charge in [-0.2, -0.15) is 0 Å². The van der Waals surface area contributed by atoms with Gasteiger partial charge in [0.25, 0.3) is 0 Å². The highest BCUT2D eigenvalue weighted by molar-refractivity contribution is 7.13. The summed E-state index contributed by atoms with van der Waals surface area (Å²) >= 11 is 1.64. The van der Waals surface area contributed by atoms with Gasteiger partial charge >= 0.3 is 0 Å². The summed E-state index contributed by atoms with van der Waals surface area (Å²) in [5.41, 5.74) is 4.29. The van der Waals surface area contributed by atoms with Crippen molar-refractivity contribution >= 4 is 17.2 Å². The van der Waals surface area contributed by atoms with Crippen LogP contribution in [0.1, 0.15) is 18.9 Å². The molecular formula is C19H18N2OS. The third kappa shape index (κ3) is 3.85. The molecule has 0 unspecified atom stereocenters. The maximum atomic E-state index is 11.4. The molecule has 0 saturated carbocycles. The Morgan fingerprint density at radius 2 is 1.87 bits per heavy atom. The topological polar surface area (TPSA) is 42.0 Å². The number of thiazole rings is 1. The molecular weight excluding hydrogens is 304 g/mol. The molecule has 0 radical (unpaired) electrons. The molecule has 0 bridgehead atoms. The van der Waals surface area contributed by atoms with Gasteiger partial charge in [-0.15, -0.1) is 11.3 Å². The zero-order valence-corrected chi connectivity index (χ0v) is 13.8. The summed E-state index contributed by atoms with van der Waals surface area (Å²) in [7, 11) is 0. The molecule has 1 amide bonds. The van der Waals surface area contributed by atoms with E-state index in [1.807, 2.05) is 37.3 Å². The second-order valence-electron chi connectivity index (χ2n) is 5.23. The third-order valence-corrected chi connectivity index (χ3v) is 4.45. The minimum absolute atomic E-state index is 0.0658. The van der Waals surface area contributed by atoms with E-state index in [1.54, 1.807) is 11.3 Å². The number of hydrogen-bond acceptors (Lipinski definition) is 3. The Hall–Kier alpha value is -2.46. The fraction of sp³-hybridized carbons (Fsp3) is 0.158. The van der Waals surface area contributed by atoms with Crippen molar-refractivity contribution in [3.63, 3.8) is 0 Å². The van der Waals surface area contributed by atoms with Gasteiger partial charge in [-0.3, -0.25) is 4.79 Å². The van der Waals surface area contributed by atoms with Crippen LogP contribution in [0.25, 0.3) is 21.8 Å². The van der Waals surface area contributed by atoms with Crippen LogP contribution in [0.2, 0.25) is 0 Å². The molecule has 23 heavy (non-hydrogen) atoms. The lowest BCUT2D eigenvalue weighted by atomic mass is 10.1. The highest BCUT2D eigenvalue weighted by Crippen LogP contribution is 2.29. The van der Waals surface area contributed by atoms with Crippen LogP contribution >= 0.6 is 11.3 Å². The average Bonchev–Trinajstić information content (AvgIpc) is 3.11. The van der Waals surface area contributed by atoms with Gasteiger partial charge in [-0.1, -0.05) is 55.5 Å². The number of nitrogens with one attached hydrogen (secondary N) is 1. The number of aromatic nitrogens is 1. The van der Waals surface area contributed by atoms with Crippen LogP contribution in [-0.2, 0) is 11.3 Å². The number of rotatable bonds is 5. The van der Waals surface area contributed by atoms with E-state index < -0.39 is 0 Å². The van der Waals surface area contributed by atoms with Gasteiger partial charge in [0.15, 0.2) is 0 Å². The monoisotopic (exact) mass is 322 g/mol. The molecule has 0 aliphatic carbocycles. The number of hydrogen-bond donors (Lipinski definition) is 1. The molecule has 0 aliphatic rings. The van der Waals surface area contributed by atoms with Gasteiger partial charge in [-0.05, 0) is 11.6 Å². The van der Waals surface area contributed by atoms with Crippen LogP contribution in [0, 0.1) is 0 Å². The van der Waals surface area contributed by atoms with E-state index in [0.29, 0.717) is 13.0 Å². The maximum absolute atomic E-state index is 11.4. The molecule has 0 fully saturated rings. The molecule has 4 heteroatoms. The minimum Gasteiger partial charge on any atom is -0.352 e. The first kappa shape index (κ1) is 15.4. The Morgan fingerprint density at radius 3 is 2.65 bits per heavy atom. The SMILES string of the molecule is CCC(=O)NCc1cccc(-c2nc(-c3ccccc3)cs2)c1. The molecule has 1 N–H and O–H groups in total. The van der Waals surface area contributed by atoms with E-state index >= 15 is 0 Å².